The van der Waals surface area contributed by atoms with Gasteiger partial charge in [-0.25, -0.2) is 9.80 Å². The SMILES string of the molecule is Cc1ncccc1N1CCCN1C(=O)OCc1ccccc1. The number of amides is 1. The van der Waals surface area contributed by atoms with Gasteiger partial charge in [0.2, 0.25) is 0 Å². The van der Waals surface area contributed by atoms with E-state index >= 15 is 0 Å². The van der Waals surface area contributed by atoms with E-state index in [9.17, 15) is 4.79 Å². The van der Waals surface area contributed by atoms with Crippen LogP contribution in [0.4, 0.5) is 10.5 Å². The Morgan fingerprint density at radius 1 is 1.18 bits per heavy atom. The topological polar surface area (TPSA) is 45.7 Å². The van der Waals surface area contributed by atoms with E-state index in [1.165, 1.54) is 0 Å². The van der Waals surface area contributed by atoms with Crippen molar-refractivity contribution in [2.75, 3.05) is 18.1 Å². The van der Waals surface area contributed by atoms with E-state index < -0.39 is 0 Å². The molecule has 1 saturated heterocycles. The van der Waals surface area contributed by atoms with Gasteiger partial charge in [-0.15, -0.1) is 0 Å². The first-order valence-electron chi connectivity index (χ1n) is 7.43. The number of carbonyl (C=O) groups excluding carboxylic acids is 1. The number of aromatic nitrogens is 1. The lowest BCUT2D eigenvalue weighted by Crippen LogP contribution is -2.42. The van der Waals surface area contributed by atoms with Crippen molar-refractivity contribution in [1.29, 1.82) is 0 Å². The third-order valence-corrected chi connectivity index (χ3v) is 3.70. The largest absolute Gasteiger partial charge is 0.443 e. The number of carbonyl (C=O) groups is 1. The fourth-order valence-corrected chi connectivity index (χ4v) is 2.59. The van der Waals surface area contributed by atoms with E-state index in [-0.39, 0.29) is 12.7 Å². The summed E-state index contributed by atoms with van der Waals surface area (Å²) in [4.78, 5) is 16.6. The molecule has 0 spiro atoms. The Labute approximate surface area is 130 Å². The fourth-order valence-electron chi connectivity index (χ4n) is 2.59. The Bertz CT molecular complexity index is 645. The molecule has 1 aliphatic rings. The highest BCUT2D eigenvalue weighted by Crippen LogP contribution is 2.24. The Morgan fingerprint density at radius 3 is 2.77 bits per heavy atom. The zero-order chi connectivity index (χ0) is 15.4. The average Bonchev–Trinajstić information content (AvgIpc) is 3.03. The molecule has 1 fully saturated rings. The van der Waals surface area contributed by atoms with Crippen LogP contribution in [-0.2, 0) is 11.3 Å². The normalized spacial score (nSPS) is 14.2. The summed E-state index contributed by atoms with van der Waals surface area (Å²) < 4.78 is 5.43. The minimum atomic E-state index is -0.315. The fraction of sp³-hybridized carbons (Fsp3) is 0.294. The van der Waals surface area contributed by atoms with Gasteiger partial charge in [-0.05, 0) is 31.0 Å². The number of anilines is 1. The van der Waals surface area contributed by atoms with Crippen molar-refractivity contribution in [3.05, 3.63) is 59.9 Å². The first-order valence-corrected chi connectivity index (χ1v) is 7.43. The van der Waals surface area contributed by atoms with Crippen molar-refractivity contribution in [2.45, 2.75) is 20.0 Å². The predicted octanol–water partition coefficient (Wildman–Crippen LogP) is 3.15. The summed E-state index contributed by atoms with van der Waals surface area (Å²) in [6.45, 7) is 3.70. The second-order valence-electron chi connectivity index (χ2n) is 5.25. The van der Waals surface area contributed by atoms with Crippen LogP contribution in [0.1, 0.15) is 17.7 Å². The molecule has 0 bridgehead atoms. The predicted molar refractivity (Wildman–Crippen MR) is 84.3 cm³/mol. The van der Waals surface area contributed by atoms with Crippen molar-refractivity contribution in [1.82, 2.24) is 9.99 Å². The third kappa shape index (κ3) is 3.03. The number of hydrogen-bond acceptors (Lipinski definition) is 4. The van der Waals surface area contributed by atoms with Crippen LogP contribution in [0.5, 0.6) is 0 Å². The van der Waals surface area contributed by atoms with Gasteiger partial charge in [0, 0.05) is 19.3 Å². The van der Waals surface area contributed by atoms with Gasteiger partial charge < -0.3 is 4.74 Å². The third-order valence-electron chi connectivity index (χ3n) is 3.70. The molecule has 5 heteroatoms. The number of ether oxygens (including phenoxy) is 1. The molecule has 1 amide bonds. The molecule has 1 aromatic carbocycles. The standard InChI is InChI=1S/C17H19N3O2/c1-14-16(9-5-10-18-14)19-11-6-12-20(19)17(21)22-13-15-7-3-2-4-8-15/h2-5,7-10H,6,11-13H2,1H3. The number of aryl methyl sites for hydroxylation is 1. The summed E-state index contributed by atoms with van der Waals surface area (Å²) in [7, 11) is 0. The van der Waals surface area contributed by atoms with E-state index in [2.05, 4.69) is 4.98 Å². The number of nitrogens with zero attached hydrogens (tertiary/aromatic N) is 3. The zero-order valence-corrected chi connectivity index (χ0v) is 12.6. The van der Waals surface area contributed by atoms with Crippen LogP contribution in [0.25, 0.3) is 0 Å². The number of rotatable bonds is 3. The lowest BCUT2D eigenvalue weighted by molar-refractivity contribution is 0.101. The molecule has 5 nitrogen and oxygen atoms in total. The molecular formula is C17H19N3O2. The molecule has 0 saturated carbocycles. The molecule has 2 heterocycles. The Hall–Kier alpha value is -2.56. The summed E-state index contributed by atoms with van der Waals surface area (Å²) in [6, 6.07) is 13.6. The van der Waals surface area contributed by atoms with Crippen LogP contribution in [-0.4, -0.2) is 29.2 Å². The summed E-state index contributed by atoms with van der Waals surface area (Å²) in [5.74, 6) is 0. The lowest BCUT2D eigenvalue weighted by Gasteiger charge is -2.29. The van der Waals surface area contributed by atoms with Crippen molar-refractivity contribution >= 4 is 11.8 Å². The van der Waals surface area contributed by atoms with E-state index in [0.717, 1.165) is 29.9 Å². The van der Waals surface area contributed by atoms with Gasteiger partial charge in [0.15, 0.2) is 0 Å². The maximum atomic E-state index is 12.4. The van der Waals surface area contributed by atoms with Crippen LogP contribution in [0.3, 0.4) is 0 Å². The molecule has 1 aliphatic heterocycles. The smallest absolute Gasteiger partial charge is 0.429 e. The molecule has 0 atom stereocenters. The van der Waals surface area contributed by atoms with Gasteiger partial charge >= 0.3 is 6.09 Å². The first-order chi connectivity index (χ1) is 10.8. The number of hydrazine groups is 1. The molecule has 3 rings (SSSR count). The summed E-state index contributed by atoms with van der Waals surface area (Å²) in [6.07, 6.45) is 2.37. The van der Waals surface area contributed by atoms with Crippen LogP contribution in [0.15, 0.2) is 48.7 Å². The van der Waals surface area contributed by atoms with Crippen LogP contribution in [0.2, 0.25) is 0 Å². The van der Waals surface area contributed by atoms with Crippen molar-refractivity contribution in [3.8, 4) is 0 Å². The van der Waals surface area contributed by atoms with Gasteiger partial charge in [0.05, 0.1) is 11.4 Å². The second kappa shape index (κ2) is 6.47. The number of pyridine rings is 1. The van der Waals surface area contributed by atoms with Crippen molar-refractivity contribution in [3.63, 3.8) is 0 Å². The maximum Gasteiger partial charge on any atom is 0.429 e. The highest BCUT2D eigenvalue weighted by molar-refractivity contribution is 5.71. The molecular weight excluding hydrogens is 278 g/mol. The average molecular weight is 297 g/mol. The molecule has 2 aromatic rings. The van der Waals surface area contributed by atoms with Gasteiger partial charge in [-0.3, -0.25) is 9.99 Å². The monoisotopic (exact) mass is 297 g/mol. The minimum absolute atomic E-state index is 0.288. The molecule has 22 heavy (non-hydrogen) atoms. The number of hydrogen-bond donors (Lipinski definition) is 0. The van der Waals surface area contributed by atoms with Crippen molar-refractivity contribution in [2.24, 2.45) is 0 Å². The number of benzene rings is 1. The second-order valence-corrected chi connectivity index (χ2v) is 5.25. The minimum Gasteiger partial charge on any atom is -0.443 e. The molecule has 0 unspecified atom stereocenters. The van der Waals surface area contributed by atoms with E-state index in [4.69, 9.17) is 4.74 Å². The van der Waals surface area contributed by atoms with Crippen molar-refractivity contribution < 1.29 is 9.53 Å². The van der Waals surface area contributed by atoms with E-state index in [1.807, 2.05) is 54.4 Å². The zero-order valence-electron chi connectivity index (χ0n) is 12.6. The molecule has 0 N–H and O–H groups in total. The van der Waals surface area contributed by atoms with Gasteiger partial charge in [-0.2, -0.15) is 0 Å². The first kappa shape index (κ1) is 14.4. The van der Waals surface area contributed by atoms with Gasteiger partial charge in [0.25, 0.3) is 0 Å². The maximum absolute atomic E-state index is 12.4. The quantitative estimate of drug-likeness (QED) is 0.873. The van der Waals surface area contributed by atoms with Crippen LogP contribution < -0.4 is 5.01 Å². The highest BCUT2D eigenvalue weighted by atomic mass is 16.6. The Balaban J connectivity index is 1.68. The van der Waals surface area contributed by atoms with Crippen LogP contribution in [0, 0.1) is 6.92 Å². The van der Waals surface area contributed by atoms with Gasteiger partial charge in [0.1, 0.15) is 6.61 Å². The van der Waals surface area contributed by atoms with Crippen LogP contribution >= 0.6 is 0 Å². The summed E-state index contributed by atoms with van der Waals surface area (Å²) in [5.41, 5.74) is 2.85. The Morgan fingerprint density at radius 2 is 2.00 bits per heavy atom. The lowest BCUT2D eigenvalue weighted by atomic mass is 10.2. The molecule has 0 radical (unpaired) electrons. The molecule has 1 aromatic heterocycles. The van der Waals surface area contributed by atoms with Gasteiger partial charge in [-0.1, -0.05) is 30.3 Å². The highest BCUT2D eigenvalue weighted by Gasteiger charge is 2.29. The molecule has 114 valence electrons. The Kier molecular flexibility index (Phi) is 4.23. The summed E-state index contributed by atoms with van der Waals surface area (Å²) in [5, 5.41) is 3.61. The summed E-state index contributed by atoms with van der Waals surface area (Å²) >= 11 is 0. The van der Waals surface area contributed by atoms with E-state index in [1.54, 1.807) is 11.2 Å². The van der Waals surface area contributed by atoms with E-state index in [0.29, 0.717) is 6.54 Å². The molecule has 0 aliphatic carbocycles.